The van der Waals surface area contributed by atoms with Crippen molar-refractivity contribution in [3.8, 4) is 11.5 Å². The second kappa shape index (κ2) is 7.99. The summed E-state index contributed by atoms with van der Waals surface area (Å²) in [6.07, 6.45) is 0.00353. The topological polar surface area (TPSA) is 97.0 Å². The number of hydrogen-bond acceptors (Lipinski definition) is 6. The number of imide groups is 1. The Bertz CT molecular complexity index is 928. The van der Waals surface area contributed by atoms with Crippen molar-refractivity contribution >= 4 is 34.8 Å². The van der Waals surface area contributed by atoms with Crippen LogP contribution in [0, 0.1) is 0 Å². The maximum atomic E-state index is 12.9. The Balaban J connectivity index is 1.84. The first-order valence-electron chi connectivity index (χ1n) is 8.66. The van der Waals surface area contributed by atoms with Gasteiger partial charge in [0.05, 0.1) is 32.0 Å². The highest BCUT2D eigenvalue weighted by molar-refractivity contribution is 6.23. The van der Waals surface area contributed by atoms with Gasteiger partial charge in [0.1, 0.15) is 17.5 Å². The lowest BCUT2D eigenvalue weighted by atomic mass is 10.2. The fraction of sp³-hybridized carbons (Fsp3) is 0.250. The molecule has 1 fully saturated rings. The molecule has 1 aliphatic rings. The van der Waals surface area contributed by atoms with Crippen molar-refractivity contribution in [2.75, 3.05) is 29.8 Å². The van der Waals surface area contributed by atoms with Gasteiger partial charge in [-0.1, -0.05) is 6.07 Å². The largest absolute Gasteiger partial charge is 0.497 e. The molecule has 0 radical (unpaired) electrons. The minimum Gasteiger partial charge on any atom is -0.497 e. The number of carbonyl (C=O) groups is 3. The molecule has 3 rings (SSSR count). The van der Waals surface area contributed by atoms with Gasteiger partial charge in [0, 0.05) is 18.7 Å². The first kappa shape index (κ1) is 19.2. The summed E-state index contributed by atoms with van der Waals surface area (Å²) < 4.78 is 10.5. The third kappa shape index (κ3) is 3.90. The fourth-order valence-electron chi connectivity index (χ4n) is 3.06. The number of ether oxygens (including phenoxy) is 2. The van der Waals surface area contributed by atoms with Crippen molar-refractivity contribution in [1.82, 2.24) is 0 Å². The Morgan fingerprint density at radius 2 is 1.89 bits per heavy atom. The summed E-state index contributed by atoms with van der Waals surface area (Å²) >= 11 is 0. The van der Waals surface area contributed by atoms with Gasteiger partial charge in [0.25, 0.3) is 5.91 Å². The zero-order valence-electron chi connectivity index (χ0n) is 15.8. The van der Waals surface area contributed by atoms with E-state index in [1.54, 1.807) is 42.5 Å². The van der Waals surface area contributed by atoms with E-state index in [2.05, 4.69) is 10.6 Å². The van der Waals surface area contributed by atoms with Crippen LogP contribution in [-0.2, 0) is 14.4 Å². The Hall–Kier alpha value is -3.55. The monoisotopic (exact) mass is 383 g/mol. The molecule has 8 nitrogen and oxygen atoms in total. The van der Waals surface area contributed by atoms with Crippen molar-refractivity contribution in [2.45, 2.75) is 19.4 Å². The van der Waals surface area contributed by atoms with E-state index in [4.69, 9.17) is 9.47 Å². The van der Waals surface area contributed by atoms with Gasteiger partial charge in [-0.15, -0.1) is 0 Å². The van der Waals surface area contributed by atoms with Gasteiger partial charge in [0.2, 0.25) is 11.8 Å². The first-order valence-corrected chi connectivity index (χ1v) is 8.66. The Kier molecular flexibility index (Phi) is 5.49. The molecule has 3 amide bonds. The van der Waals surface area contributed by atoms with Crippen molar-refractivity contribution in [2.24, 2.45) is 0 Å². The minimum atomic E-state index is -0.750. The van der Waals surface area contributed by atoms with Gasteiger partial charge in [0.15, 0.2) is 0 Å². The molecule has 0 bridgehead atoms. The molecule has 0 spiro atoms. The van der Waals surface area contributed by atoms with Gasteiger partial charge in [-0.05, 0) is 30.3 Å². The number of benzene rings is 2. The molecule has 2 aromatic rings. The third-order valence-corrected chi connectivity index (χ3v) is 4.31. The summed E-state index contributed by atoms with van der Waals surface area (Å²) in [5.41, 5.74) is 1.52. The summed E-state index contributed by atoms with van der Waals surface area (Å²) in [4.78, 5) is 37.8. The van der Waals surface area contributed by atoms with Crippen LogP contribution in [-0.4, -0.2) is 38.0 Å². The molecule has 28 heavy (non-hydrogen) atoms. The first-order chi connectivity index (χ1) is 13.4. The lowest BCUT2D eigenvalue weighted by molar-refractivity contribution is -0.121. The highest BCUT2D eigenvalue weighted by atomic mass is 16.5. The third-order valence-electron chi connectivity index (χ3n) is 4.31. The molecule has 2 N–H and O–H groups in total. The minimum absolute atomic E-state index is 0.00353. The molecular weight excluding hydrogens is 362 g/mol. The summed E-state index contributed by atoms with van der Waals surface area (Å²) in [5.74, 6) is 0.152. The van der Waals surface area contributed by atoms with E-state index in [0.29, 0.717) is 28.6 Å². The van der Waals surface area contributed by atoms with Crippen molar-refractivity contribution < 1.29 is 23.9 Å². The smallest absolute Gasteiger partial charge is 0.256 e. The molecule has 1 aliphatic heterocycles. The number of carbonyl (C=O) groups excluding carboxylic acids is 3. The number of amides is 3. The van der Waals surface area contributed by atoms with Gasteiger partial charge in [-0.25, -0.2) is 4.90 Å². The average Bonchev–Trinajstić information content (AvgIpc) is 2.95. The number of anilines is 3. The zero-order valence-corrected chi connectivity index (χ0v) is 15.8. The van der Waals surface area contributed by atoms with Crippen LogP contribution in [0.5, 0.6) is 11.5 Å². The van der Waals surface area contributed by atoms with Crippen LogP contribution in [0.15, 0.2) is 42.5 Å². The quantitative estimate of drug-likeness (QED) is 0.744. The van der Waals surface area contributed by atoms with E-state index in [1.165, 1.54) is 21.1 Å². The fourth-order valence-corrected chi connectivity index (χ4v) is 3.06. The highest BCUT2D eigenvalue weighted by Gasteiger charge is 2.40. The van der Waals surface area contributed by atoms with Crippen LogP contribution in [0.4, 0.5) is 17.1 Å². The van der Waals surface area contributed by atoms with Gasteiger partial charge >= 0.3 is 0 Å². The predicted octanol–water partition coefficient (Wildman–Crippen LogP) is 2.41. The lowest BCUT2D eigenvalue weighted by Gasteiger charge is -2.18. The van der Waals surface area contributed by atoms with Crippen LogP contribution >= 0.6 is 0 Å². The predicted molar refractivity (Wildman–Crippen MR) is 105 cm³/mol. The molecule has 1 atom stereocenters. The molecule has 0 saturated carbocycles. The van der Waals surface area contributed by atoms with Gasteiger partial charge in [-0.2, -0.15) is 0 Å². The molecule has 0 aromatic heterocycles. The summed E-state index contributed by atoms with van der Waals surface area (Å²) in [6, 6.07) is 11.0. The van der Waals surface area contributed by atoms with Crippen molar-refractivity contribution in [1.29, 1.82) is 0 Å². The van der Waals surface area contributed by atoms with Crippen molar-refractivity contribution in [3.63, 3.8) is 0 Å². The normalized spacial score (nSPS) is 16.1. The van der Waals surface area contributed by atoms with Crippen LogP contribution in [0.2, 0.25) is 0 Å². The van der Waals surface area contributed by atoms with E-state index >= 15 is 0 Å². The summed E-state index contributed by atoms with van der Waals surface area (Å²) in [5, 5.41) is 5.74. The summed E-state index contributed by atoms with van der Waals surface area (Å²) in [6.45, 7) is 1.41. The second-order valence-electron chi connectivity index (χ2n) is 6.27. The van der Waals surface area contributed by atoms with E-state index < -0.39 is 6.04 Å². The second-order valence-corrected chi connectivity index (χ2v) is 6.27. The SMILES string of the molecule is COc1cccc(N2C(=O)C[C@@H](Nc3cc(NC(C)=O)ccc3OC)C2=O)c1. The van der Waals surface area contributed by atoms with E-state index in [-0.39, 0.29) is 24.1 Å². The van der Waals surface area contributed by atoms with Crippen LogP contribution in [0.1, 0.15) is 13.3 Å². The van der Waals surface area contributed by atoms with Crippen LogP contribution in [0.3, 0.4) is 0 Å². The number of nitrogens with one attached hydrogen (secondary N) is 2. The maximum absolute atomic E-state index is 12.9. The van der Waals surface area contributed by atoms with Crippen LogP contribution in [0.25, 0.3) is 0 Å². The van der Waals surface area contributed by atoms with Crippen LogP contribution < -0.4 is 25.0 Å². The van der Waals surface area contributed by atoms with Gasteiger partial charge in [-0.3, -0.25) is 14.4 Å². The molecule has 1 heterocycles. The molecule has 146 valence electrons. The molecular formula is C20H21N3O5. The molecule has 0 aliphatic carbocycles. The standard InChI is InChI=1S/C20H21N3O5/c1-12(24)21-13-7-8-18(28-3)16(9-13)22-17-11-19(25)23(20(17)26)14-5-4-6-15(10-14)27-2/h4-10,17,22H,11H2,1-3H3,(H,21,24)/t17-/m1/s1. The number of rotatable bonds is 6. The Labute approximate surface area is 162 Å². The highest BCUT2D eigenvalue weighted by Crippen LogP contribution is 2.32. The average molecular weight is 383 g/mol. The molecule has 2 aromatic carbocycles. The number of methoxy groups -OCH3 is 2. The lowest BCUT2D eigenvalue weighted by Crippen LogP contribution is -2.34. The zero-order chi connectivity index (χ0) is 20.3. The molecule has 1 saturated heterocycles. The molecule has 0 unspecified atom stereocenters. The van der Waals surface area contributed by atoms with E-state index in [9.17, 15) is 14.4 Å². The van der Waals surface area contributed by atoms with E-state index in [1.807, 2.05) is 0 Å². The number of hydrogen-bond donors (Lipinski definition) is 2. The Morgan fingerprint density at radius 3 is 2.57 bits per heavy atom. The van der Waals surface area contributed by atoms with Crippen molar-refractivity contribution in [3.05, 3.63) is 42.5 Å². The van der Waals surface area contributed by atoms with Gasteiger partial charge < -0.3 is 20.1 Å². The van der Waals surface area contributed by atoms with E-state index in [0.717, 1.165) is 4.90 Å². The maximum Gasteiger partial charge on any atom is 0.256 e. The number of nitrogens with zero attached hydrogens (tertiary/aromatic N) is 1. The molecule has 8 heteroatoms. The Morgan fingerprint density at radius 1 is 1.11 bits per heavy atom. The summed E-state index contributed by atoms with van der Waals surface area (Å²) in [7, 11) is 3.02.